The van der Waals surface area contributed by atoms with E-state index >= 15 is 0 Å². The molecular weight excluding hydrogens is 322 g/mol. The lowest BCUT2D eigenvalue weighted by Crippen LogP contribution is -2.59. The topological polar surface area (TPSA) is 87.7 Å². The molecule has 0 spiro atoms. The summed E-state index contributed by atoms with van der Waals surface area (Å²) in [7, 11) is 1.59. The molecule has 2 heterocycles. The number of piperazine rings is 1. The van der Waals surface area contributed by atoms with E-state index in [4.69, 9.17) is 4.74 Å². The van der Waals surface area contributed by atoms with E-state index in [1.165, 1.54) is 0 Å². The molecule has 0 unspecified atom stereocenters. The van der Waals surface area contributed by atoms with Crippen LogP contribution in [0.2, 0.25) is 0 Å². The summed E-state index contributed by atoms with van der Waals surface area (Å²) in [5.74, 6) is 0.974. The molecule has 3 rings (SSSR count). The summed E-state index contributed by atoms with van der Waals surface area (Å²) in [5, 5.41) is 2.65. The van der Waals surface area contributed by atoms with E-state index in [0.717, 1.165) is 6.42 Å². The van der Waals surface area contributed by atoms with Crippen LogP contribution in [0.3, 0.4) is 0 Å². The first kappa shape index (κ1) is 17.4. The summed E-state index contributed by atoms with van der Waals surface area (Å²) in [6.07, 6.45) is 3.90. The molecule has 136 valence electrons. The number of carbonyl (C=O) groups is 2. The van der Waals surface area contributed by atoms with Crippen molar-refractivity contribution in [3.8, 4) is 5.88 Å². The molecule has 0 atom stereocenters. The van der Waals surface area contributed by atoms with Crippen LogP contribution in [0.5, 0.6) is 5.88 Å². The number of nitrogens with zero attached hydrogens (tertiary/aromatic N) is 4. The standard InChI is InChI=1S/C17H25N5O3/c1-3-25-13-5-8-19-16(20-13)22-11-9-21(10-12-22)15(24)17(6-4-7-17)14(23)18-2/h5,8H,3-4,6-7,9-12H2,1-2H3,(H,18,23). The van der Waals surface area contributed by atoms with Crippen molar-refractivity contribution in [1.82, 2.24) is 20.2 Å². The molecular formula is C17H25N5O3. The lowest BCUT2D eigenvalue weighted by Gasteiger charge is -2.44. The number of amides is 2. The van der Waals surface area contributed by atoms with Crippen molar-refractivity contribution in [2.24, 2.45) is 5.41 Å². The summed E-state index contributed by atoms with van der Waals surface area (Å²) < 4.78 is 5.42. The second kappa shape index (κ2) is 7.25. The van der Waals surface area contributed by atoms with Gasteiger partial charge in [0.2, 0.25) is 23.6 Å². The molecule has 2 aliphatic rings. The van der Waals surface area contributed by atoms with Crippen molar-refractivity contribution in [2.75, 3.05) is 44.7 Å². The molecule has 8 nitrogen and oxygen atoms in total. The summed E-state index contributed by atoms with van der Waals surface area (Å²) >= 11 is 0. The summed E-state index contributed by atoms with van der Waals surface area (Å²) in [6.45, 7) is 4.89. The van der Waals surface area contributed by atoms with Crippen LogP contribution in [-0.2, 0) is 9.59 Å². The summed E-state index contributed by atoms with van der Waals surface area (Å²) in [6, 6.07) is 1.73. The zero-order valence-electron chi connectivity index (χ0n) is 14.8. The maximum Gasteiger partial charge on any atom is 0.238 e. The van der Waals surface area contributed by atoms with Crippen molar-refractivity contribution in [2.45, 2.75) is 26.2 Å². The first-order valence-corrected chi connectivity index (χ1v) is 8.83. The Hall–Kier alpha value is -2.38. The fraction of sp³-hybridized carbons (Fsp3) is 0.647. The van der Waals surface area contributed by atoms with Gasteiger partial charge in [0.25, 0.3) is 0 Å². The van der Waals surface area contributed by atoms with Crippen LogP contribution in [0, 0.1) is 5.41 Å². The number of aromatic nitrogens is 2. The Morgan fingerprint density at radius 1 is 1.28 bits per heavy atom. The second-order valence-corrected chi connectivity index (χ2v) is 6.42. The van der Waals surface area contributed by atoms with Gasteiger partial charge in [-0.1, -0.05) is 6.42 Å². The van der Waals surface area contributed by atoms with Crippen LogP contribution in [0.15, 0.2) is 12.3 Å². The SMILES string of the molecule is CCOc1ccnc(N2CCN(C(=O)C3(C(=O)NC)CCC3)CC2)n1. The van der Waals surface area contributed by atoms with E-state index < -0.39 is 5.41 Å². The van der Waals surface area contributed by atoms with Gasteiger partial charge in [0.1, 0.15) is 5.41 Å². The molecule has 1 saturated carbocycles. The first-order chi connectivity index (χ1) is 12.1. The van der Waals surface area contributed by atoms with Crippen LogP contribution < -0.4 is 15.0 Å². The molecule has 1 aromatic rings. The first-order valence-electron chi connectivity index (χ1n) is 8.83. The van der Waals surface area contributed by atoms with Gasteiger partial charge in [0, 0.05) is 45.5 Å². The number of rotatable bonds is 5. The number of hydrogen-bond acceptors (Lipinski definition) is 6. The molecule has 1 N–H and O–H groups in total. The highest BCUT2D eigenvalue weighted by Gasteiger charge is 2.52. The summed E-state index contributed by atoms with van der Waals surface area (Å²) in [5.41, 5.74) is -0.845. The third-order valence-corrected chi connectivity index (χ3v) is 5.04. The van der Waals surface area contributed by atoms with Crippen LogP contribution >= 0.6 is 0 Å². The molecule has 2 amide bonds. The third kappa shape index (κ3) is 3.25. The maximum atomic E-state index is 12.9. The highest BCUT2D eigenvalue weighted by Crippen LogP contribution is 2.43. The summed E-state index contributed by atoms with van der Waals surface area (Å²) in [4.78, 5) is 37.6. The Bertz CT molecular complexity index is 639. The minimum atomic E-state index is -0.845. The van der Waals surface area contributed by atoms with Crippen molar-refractivity contribution >= 4 is 17.8 Å². The number of ether oxygens (including phenoxy) is 1. The van der Waals surface area contributed by atoms with E-state index in [2.05, 4.69) is 15.3 Å². The van der Waals surface area contributed by atoms with Gasteiger partial charge >= 0.3 is 0 Å². The molecule has 0 bridgehead atoms. The molecule has 1 aromatic heterocycles. The number of nitrogens with one attached hydrogen (secondary N) is 1. The molecule has 8 heteroatoms. The normalized spacial score (nSPS) is 19.1. The molecule has 1 aliphatic carbocycles. The molecule has 25 heavy (non-hydrogen) atoms. The predicted octanol–water partition coefficient (Wildman–Crippen LogP) is 0.440. The van der Waals surface area contributed by atoms with Crippen molar-refractivity contribution in [3.05, 3.63) is 12.3 Å². The van der Waals surface area contributed by atoms with Gasteiger partial charge in [0.05, 0.1) is 6.61 Å². The zero-order chi connectivity index (χ0) is 17.9. The number of hydrogen-bond donors (Lipinski definition) is 1. The van der Waals surface area contributed by atoms with Crippen LogP contribution in [0.25, 0.3) is 0 Å². The van der Waals surface area contributed by atoms with E-state index in [-0.39, 0.29) is 11.8 Å². The van der Waals surface area contributed by atoms with Gasteiger partial charge in [-0.3, -0.25) is 9.59 Å². The van der Waals surface area contributed by atoms with Crippen molar-refractivity contribution in [1.29, 1.82) is 0 Å². The molecule has 0 radical (unpaired) electrons. The molecule has 0 aromatic carbocycles. The quantitative estimate of drug-likeness (QED) is 0.778. The van der Waals surface area contributed by atoms with Crippen LogP contribution in [0.1, 0.15) is 26.2 Å². The Labute approximate surface area is 147 Å². The largest absolute Gasteiger partial charge is 0.478 e. The van der Waals surface area contributed by atoms with Crippen LogP contribution in [0.4, 0.5) is 5.95 Å². The smallest absolute Gasteiger partial charge is 0.238 e. The average Bonchev–Trinajstić information content (AvgIpc) is 2.61. The lowest BCUT2D eigenvalue weighted by molar-refractivity contribution is -0.157. The Kier molecular flexibility index (Phi) is 5.06. The monoisotopic (exact) mass is 347 g/mol. The van der Waals surface area contributed by atoms with E-state index in [0.29, 0.717) is 57.5 Å². The maximum absolute atomic E-state index is 12.9. The third-order valence-electron chi connectivity index (χ3n) is 5.04. The Balaban J connectivity index is 1.63. The number of anilines is 1. The van der Waals surface area contributed by atoms with Gasteiger partial charge < -0.3 is 19.9 Å². The minimum Gasteiger partial charge on any atom is -0.478 e. The van der Waals surface area contributed by atoms with Gasteiger partial charge in [-0.25, -0.2) is 4.98 Å². The molecule has 1 saturated heterocycles. The second-order valence-electron chi connectivity index (χ2n) is 6.42. The fourth-order valence-corrected chi connectivity index (χ4v) is 3.43. The minimum absolute atomic E-state index is 0.0401. The highest BCUT2D eigenvalue weighted by atomic mass is 16.5. The lowest BCUT2D eigenvalue weighted by atomic mass is 9.67. The van der Waals surface area contributed by atoms with Crippen molar-refractivity contribution < 1.29 is 14.3 Å². The van der Waals surface area contributed by atoms with Crippen molar-refractivity contribution in [3.63, 3.8) is 0 Å². The zero-order valence-corrected chi connectivity index (χ0v) is 14.8. The average molecular weight is 347 g/mol. The highest BCUT2D eigenvalue weighted by molar-refractivity contribution is 6.05. The fourth-order valence-electron chi connectivity index (χ4n) is 3.43. The van der Waals surface area contributed by atoms with Crippen LogP contribution in [-0.4, -0.2) is 66.5 Å². The van der Waals surface area contributed by atoms with E-state index in [9.17, 15) is 9.59 Å². The van der Waals surface area contributed by atoms with Gasteiger partial charge in [0.15, 0.2) is 0 Å². The van der Waals surface area contributed by atoms with E-state index in [1.807, 2.05) is 11.8 Å². The van der Waals surface area contributed by atoms with Gasteiger partial charge in [-0.2, -0.15) is 4.98 Å². The molecule has 1 aliphatic heterocycles. The Morgan fingerprint density at radius 3 is 2.56 bits per heavy atom. The van der Waals surface area contributed by atoms with Gasteiger partial charge in [-0.05, 0) is 19.8 Å². The number of carbonyl (C=O) groups excluding carboxylic acids is 2. The predicted molar refractivity (Wildman–Crippen MR) is 92.3 cm³/mol. The van der Waals surface area contributed by atoms with E-state index in [1.54, 1.807) is 24.2 Å². The van der Waals surface area contributed by atoms with Gasteiger partial charge in [-0.15, -0.1) is 0 Å². The molecule has 2 fully saturated rings. The Morgan fingerprint density at radius 2 is 2.00 bits per heavy atom.